The molecule has 2 N–H and O–H groups in total. The Bertz CT molecular complexity index is 516. The first kappa shape index (κ1) is 18.3. The van der Waals surface area contributed by atoms with Gasteiger partial charge >= 0.3 is 5.97 Å². The first-order chi connectivity index (χ1) is 10.1. The van der Waals surface area contributed by atoms with E-state index in [2.05, 4.69) is 32.4 Å². The highest BCUT2D eigenvalue weighted by molar-refractivity contribution is 5.69. The minimum atomic E-state index is -0.274. The average molecular weight is 308 g/mol. The Hall–Kier alpha value is -1.71. The van der Waals surface area contributed by atoms with Crippen LogP contribution in [0.2, 0.25) is 0 Å². The standard InChI is InChI=1S/C18H28O4/c1-17(2,3)12-18(4,10-6-7-16(21)22-5)14-9-8-13(19)11-15(14)20/h8-9,11,19-20H,6-7,10,12H2,1-5H3. The van der Waals surface area contributed by atoms with Crippen LogP contribution in [0.1, 0.15) is 58.9 Å². The second-order valence-corrected chi connectivity index (χ2v) is 7.43. The number of methoxy groups -OCH3 is 1. The smallest absolute Gasteiger partial charge is 0.305 e. The molecule has 1 atom stereocenters. The molecule has 1 aromatic rings. The summed E-state index contributed by atoms with van der Waals surface area (Å²) in [6, 6.07) is 4.74. The fraction of sp³-hybridized carbons (Fsp3) is 0.611. The number of carbonyl (C=O) groups excluding carboxylic acids is 1. The molecule has 0 aliphatic heterocycles. The van der Waals surface area contributed by atoms with Crippen LogP contribution < -0.4 is 0 Å². The van der Waals surface area contributed by atoms with Crippen LogP contribution in [0.25, 0.3) is 0 Å². The number of carbonyl (C=O) groups is 1. The number of phenolic OH excluding ortho intramolecular Hbond substituents is 2. The van der Waals surface area contributed by atoms with E-state index in [-0.39, 0.29) is 28.3 Å². The zero-order valence-electron chi connectivity index (χ0n) is 14.3. The van der Waals surface area contributed by atoms with Crippen LogP contribution in [0, 0.1) is 5.41 Å². The summed E-state index contributed by atoms with van der Waals surface area (Å²) in [4.78, 5) is 11.3. The Labute approximate surface area is 133 Å². The van der Waals surface area contributed by atoms with Gasteiger partial charge in [0.25, 0.3) is 0 Å². The lowest BCUT2D eigenvalue weighted by Gasteiger charge is -2.37. The van der Waals surface area contributed by atoms with Gasteiger partial charge in [0.2, 0.25) is 0 Å². The van der Waals surface area contributed by atoms with Gasteiger partial charge < -0.3 is 14.9 Å². The molecule has 22 heavy (non-hydrogen) atoms. The SMILES string of the molecule is COC(=O)CCCC(C)(CC(C)(C)C)c1ccc(O)cc1O. The van der Waals surface area contributed by atoms with Crippen LogP contribution in [0.15, 0.2) is 18.2 Å². The van der Waals surface area contributed by atoms with Crippen LogP contribution in [0.5, 0.6) is 11.5 Å². The molecule has 0 amide bonds. The van der Waals surface area contributed by atoms with Crippen molar-refractivity contribution in [3.05, 3.63) is 23.8 Å². The quantitative estimate of drug-likeness (QED) is 0.775. The maximum atomic E-state index is 11.3. The zero-order chi connectivity index (χ0) is 17.0. The van der Waals surface area contributed by atoms with Gasteiger partial charge in [0, 0.05) is 18.1 Å². The van der Waals surface area contributed by atoms with Crippen molar-refractivity contribution < 1.29 is 19.7 Å². The number of benzene rings is 1. The fourth-order valence-electron chi connectivity index (χ4n) is 3.24. The van der Waals surface area contributed by atoms with Gasteiger partial charge in [0.15, 0.2) is 0 Å². The van der Waals surface area contributed by atoms with Crippen molar-refractivity contribution in [1.82, 2.24) is 0 Å². The van der Waals surface area contributed by atoms with Gasteiger partial charge in [0.1, 0.15) is 11.5 Å². The maximum Gasteiger partial charge on any atom is 0.305 e. The van der Waals surface area contributed by atoms with Crippen molar-refractivity contribution in [2.45, 2.75) is 58.8 Å². The van der Waals surface area contributed by atoms with Crippen LogP contribution in [0.4, 0.5) is 0 Å². The molecular formula is C18H28O4. The Kier molecular flexibility index (Phi) is 5.86. The third-order valence-electron chi connectivity index (χ3n) is 3.89. The predicted octanol–water partition coefficient (Wildman–Crippen LogP) is 4.14. The zero-order valence-corrected chi connectivity index (χ0v) is 14.3. The molecule has 0 saturated carbocycles. The van der Waals surface area contributed by atoms with Crippen molar-refractivity contribution in [3.63, 3.8) is 0 Å². The summed E-state index contributed by atoms with van der Waals surface area (Å²) < 4.78 is 4.69. The molecule has 1 unspecified atom stereocenters. The highest BCUT2D eigenvalue weighted by atomic mass is 16.5. The normalized spacial score (nSPS) is 14.4. The second-order valence-electron chi connectivity index (χ2n) is 7.43. The van der Waals surface area contributed by atoms with Crippen molar-refractivity contribution >= 4 is 5.97 Å². The topological polar surface area (TPSA) is 66.8 Å². The van der Waals surface area contributed by atoms with E-state index in [1.165, 1.54) is 13.2 Å². The van der Waals surface area contributed by atoms with E-state index in [0.717, 1.165) is 18.4 Å². The monoisotopic (exact) mass is 308 g/mol. The molecule has 124 valence electrons. The summed E-state index contributed by atoms with van der Waals surface area (Å²) in [6.07, 6.45) is 2.69. The summed E-state index contributed by atoms with van der Waals surface area (Å²) in [7, 11) is 1.39. The van der Waals surface area contributed by atoms with Crippen molar-refractivity contribution in [1.29, 1.82) is 0 Å². The summed E-state index contributed by atoms with van der Waals surface area (Å²) in [5, 5.41) is 19.7. The van der Waals surface area contributed by atoms with Gasteiger partial charge in [-0.05, 0) is 36.2 Å². The third-order valence-corrected chi connectivity index (χ3v) is 3.89. The molecule has 0 bridgehead atoms. The van der Waals surface area contributed by atoms with E-state index in [9.17, 15) is 15.0 Å². The van der Waals surface area contributed by atoms with Gasteiger partial charge in [-0.1, -0.05) is 33.8 Å². The lowest BCUT2D eigenvalue weighted by Crippen LogP contribution is -2.28. The molecule has 1 rings (SSSR count). The van der Waals surface area contributed by atoms with Crippen LogP contribution in [0.3, 0.4) is 0 Å². The summed E-state index contributed by atoms with van der Waals surface area (Å²) in [6.45, 7) is 8.57. The first-order valence-electron chi connectivity index (χ1n) is 7.67. The largest absolute Gasteiger partial charge is 0.508 e. The predicted molar refractivity (Wildman–Crippen MR) is 87.1 cm³/mol. The molecule has 0 aliphatic rings. The first-order valence-corrected chi connectivity index (χ1v) is 7.67. The highest BCUT2D eigenvalue weighted by Gasteiger charge is 2.33. The Morgan fingerprint density at radius 1 is 1.18 bits per heavy atom. The van der Waals surface area contributed by atoms with E-state index in [1.54, 1.807) is 12.1 Å². The minimum absolute atomic E-state index is 0.0499. The summed E-state index contributed by atoms with van der Waals surface area (Å²) in [5.41, 5.74) is 0.610. The molecule has 0 heterocycles. The number of esters is 1. The molecule has 0 fully saturated rings. The Morgan fingerprint density at radius 2 is 1.82 bits per heavy atom. The molecule has 0 radical (unpaired) electrons. The van der Waals surface area contributed by atoms with Gasteiger partial charge in [-0.15, -0.1) is 0 Å². The van der Waals surface area contributed by atoms with Gasteiger partial charge in [-0.25, -0.2) is 0 Å². The van der Waals surface area contributed by atoms with Crippen LogP contribution in [-0.2, 0) is 14.9 Å². The van der Waals surface area contributed by atoms with Crippen LogP contribution >= 0.6 is 0 Å². The van der Waals surface area contributed by atoms with Crippen molar-refractivity contribution in [2.24, 2.45) is 5.41 Å². The lowest BCUT2D eigenvalue weighted by atomic mass is 9.68. The van der Waals surface area contributed by atoms with E-state index in [0.29, 0.717) is 12.8 Å². The number of aromatic hydroxyl groups is 2. The minimum Gasteiger partial charge on any atom is -0.508 e. The molecule has 1 aromatic carbocycles. The molecule has 0 aromatic heterocycles. The number of rotatable bonds is 6. The van der Waals surface area contributed by atoms with Crippen LogP contribution in [-0.4, -0.2) is 23.3 Å². The van der Waals surface area contributed by atoms with Gasteiger partial charge in [-0.2, -0.15) is 0 Å². The van der Waals surface area contributed by atoms with E-state index >= 15 is 0 Å². The molecule has 0 saturated heterocycles. The molecule has 0 spiro atoms. The van der Waals surface area contributed by atoms with Gasteiger partial charge in [0.05, 0.1) is 7.11 Å². The van der Waals surface area contributed by atoms with Crippen molar-refractivity contribution in [3.8, 4) is 11.5 Å². The molecule has 4 heteroatoms. The van der Waals surface area contributed by atoms with E-state index in [4.69, 9.17) is 0 Å². The maximum absolute atomic E-state index is 11.3. The van der Waals surface area contributed by atoms with E-state index < -0.39 is 0 Å². The van der Waals surface area contributed by atoms with Crippen molar-refractivity contribution in [2.75, 3.05) is 7.11 Å². The number of hydrogen-bond acceptors (Lipinski definition) is 4. The van der Waals surface area contributed by atoms with E-state index in [1.807, 2.05) is 0 Å². The summed E-state index contributed by atoms with van der Waals surface area (Å²) >= 11 is 0. The third kappa shape index (κ3) is 5.24. The molecule has 4 nitrogen and oxygen atoms in total. The summed E-state index contributed by atoms with van der Waals surface area (Å²) in [5.74, 6) is -0.0632. The lowest BCUT2D eigenvalue weighted by molar-refractivity contribution is -0.140. The molecular weight excluding hydrogens is 280 g/mol. The average Bonchev–Trinajstić information content (AvgIpc) is 2.35. The Morgan fingerprint density at radius 3 is 2.32 bits per heavy atom. The number of phenols is 2. The number of ether oxygens (including phenoxy) is 1. The molecule has 0 aliphatic carbocycles. The van der Waals surface area contributed by atoms with Gasteiger partial charge in [-0.3, -0.25) is 4.79 Å². The highest BCUT2D eigenvalue weighted by Crippen LogP contribution is 2.44. The fourth-order valence-corrected chi connectivity index (χ4v) is 3.24. The number of hydrogen-bond donors (Lipinski definition) is 2. The Balaban J connectivity index is 3.02. The second kappa shape index (κ2) is 7.03.